The van der Waals surface area contributed by atoms with Gasteiger partial charge in [-0.1, -0.05) is 0 Å². The molecule has 3 N–H and O–H groups in total. The van der Waals surface area contributed by atoms with Crippen molar-refractivity contribution in [3.8, 4) is 0 Å². The van der Waals surface area contributed by atoms with E-state index in [0.29, 0.717) is 22.7 Å². The lowest BCUT2D eigenvalue weighted by atomic mass is 10.3. The molecule has 1 heterocycles. The van der Waals surface area contributed by atoms with Crippen molar-refractivity contribution in [2.24, 2.45) is 0 Å². The van der Waals surface area contributed by atoms with Crippen LogP contribution in [0.3, 0.4) is 0 Å². The van der Waals surface area contributed by atoms with Gasteiger partial charge in [0.25, 0.3) is 6.43 Å². The molecule has 1 aromatic rings. The van der Waals surface area contributed by atoms with E-state index in [4.69, 9.17) is 5.11 Å². The first kappa shape index (κ1) is 14.0. The second-order valence-electron chi connectivity index (χ2n) is 3.20. The van der Waals surface area contributed by atoms with Crippen LogP contribution in [0, 0.1) is 0 Å². The predicted octanol–water partition coefficient (Wildman–Crippen LogP) is 1.71. The van der Waals surface area contributed by atoms with Crippen LogP contribution in [0.15, 0.2) is 10.8 Å². The Morgan fingerprint density at radius 3 is 2.47 bits per heavy atom. The molecule has 5 nitrogen and oxygen atoms in total. The van der Waals surface area contributed by atoms with E-state index in [9.17, 15) is 8.78 Å². The van der Waals surface area contributed by atoms with Crippen LogP contribution in [0.5, 0.6) is 0 Å². The minimum absolute atomic E-state index is 0.279. The van der Waals surface area contributed by atoms with Gasteiger partial charge in [-0.25, -0.2) is 18.7 Å². The molecule has 0 aliphatic heterocycles. The van der Waals surface area contributed by atoms with Gasteiger partial charge in [0.1, 0.15) is 28.5 Å². The Labute approximate surface area is 106 Å². The zero-order chi connectivity index (χ0) is 12.8. The van der Waals surface area contributed by atoms with Crippen molar-refractivity contribution in [1.29, 1.82) is 0 Å². The summed E-state index contributed by atoms with van der Waals surface area (Å²) < 4.78 is 24.7. The minimum atomic E-state index is -2.78. The second-order valence-corrected chi connectivity index (χ2v) is 3.99. The fraction of sp³-hybridized carbons (Fsp3) is 0.556. The van der Waals surface area contributed by atoms with Crippen LogP contribution in [0.2, 0.25) is 0 Å². The molecule has 1 aromatic heterocycles. The standard InChI is InChI=1S/C9H13BrF2N4O/c1-2-13-8-6(10)9(16-4-15-8)14-3-5(17)7(11)12/h4-5,7,17H,2-3H2,1H3,(H2,13,14,15,16). The van der Waals surface area contributed by atoms with Crippen molar-refractivity contribution < 1.29 is 13.9 Å². The van der Waals surface area contributed by atoms with Gasteiger partial charge in [-0.3, -0.25) is 0 Å². The third-order valence-electron chi connectivity index (χ3n) is 1.90. The number of nitrogens with one attached hydrogen (secondary N) is 2. The van der Waals surface area contributed by atoms with Crippen molar-refractivity contribution in [2.75, 3.05) is 23.7 Å². The Morgan fingerprint density at radius 2 is 1.94 bits per heavy atom. The maximum Gasteiger partial charge on any atom is 0.265 e. The fourth-order valence-electron chi connectivity index (χ4n) is 1.07. The average Bonchev–Trinajstić information content (AvgIpc) is 2.30. The van der Waals surface area contributed by atoms with Gasteiger partial charge in [0.2, 0.25) is 0 Å². The number of anilines is 2. The molecule has 0 bridgehead atoms. The third kappa shape index (κ3) is 4.04. The Hall–Kier alpha value is -1.02. The third-order valence-corrected chi connectivity index (χ3v) is 2.65. The molecule has 0 aliphatic carbocycles. The SMILES string of the molecule is CCNc1ncnc(NCC(O)C(F)F)c1Br. The van der Waals surface area contributed by atoms with E-state index in [-0.39, 0.29) is 6.54 Å². The van der Waals surface area contributed by atoms with Crippen LogP contribution in [0.1, 0.15) is 6.92 Å². The van der Waals surface area contributed by atoms with Gasteiger partial charge in [0.05, 0.1) is 0 Å². The van der Waals surface area contributed by atoms with Gasteiger partial charge in [-0.2, -0.15) is 0 Å². The fourth-order valence-corrected chi connectivity index (χ4v) is 1.56. The lowest BCUT2D eigenvalue weighted by Gasteiger charge is -2.13. The molecule has 1 atom stereocenters. The minimum Gasteiger partial charge on any atom is -0.385 e. The molecule has 0 aromatic carbocycles. The van der Waals surface area contributed by atoms with Gasteiger partial charge in [-0.05, 0) is 22.9 Å². The first-order chi connectivity index (χ1) is 8.06. The van der Waals surface area contributed by atoms with Gasteiger partial charge in [0, 0.05) is 13.1 Å². The van der Waals surface area contributed by atoms with E-state index >= 15 is 0 Å². The molecule has 0 radical (unpaired) electrons. The maximum absolute atomic E-state index is 12.1. The Bertz CT molecular complexity index is 367. The van der Waals surface area contributed by atoms with E-state index in [1.54, 1.807) is 0 Å². The van der Waals surface area contributed by atoms with Gasteiger partial charge >= 0.3 is 0 Å². The largest absolute Gasteiger partial charge is 0.385 e. The number of nitrogens with zero attached hydrogens (tertiary/aromatic N) is 2. The lowest BCUT2D eigenvalue weighted by molar-refractivity contribution is 0.00380. The van der Waals surface area contributed by atoms with Crippen LogP contribution in [-0.4, -0.2) is 40.7 Å². The van der Waals surface area contributed by atoms with Crippen LogP contribution < -0.4 is 10.6 Å². The van der Waals surface area contributed by atoms with E-state index in [1.807, 2.05) is 6.92 Å². The molecule has 0 amide bonds. The molecule has 0 spiro atoms. The Morgan fingerprint density at radius 1 is 1.35 bits per heavy atom. The maximum atomic E-state index is 12.1. The summed E-state index contributed by atoms with van der Waals surface area (Å²) in [6.45, 7) is 2.30. The molecule has 0 saturated heterocycles. The number of halogens is 3. The molecule has 96 valence electrons. The number of hydrogen-bond acceptors (Lipinski definition) is 5. The van der Waals surface area contributed by atoms with E-state index in [2.05, 4.69) is 36.5 Å². The molecule has 8 heteroatoms. The molecule has 1 unspecified atom stereocenters. The molecular weight excluding hydrogens is 298 g/mol. The summed E-state index contributed by atoms with van der Waals surface area (Å²) in [6, 6.07) is 0. The highest BCUT2D eigenvalue weighted by Crippen LogP contribution is 2.26. The van der Waals surface area contributed by atoms with Crippen molar-refractivity contribution >= 4 is 27.6 Å². The quantitative estimate of drug-likeness (QED) is 0.746. The second kappa shape index (κ2) is 6.65. The molecule has 1 rings (SSSR count). The molecule has 0 aliphatic rings. The average molecular weight is 311 g/mol. The highest BCUT2D eigenvalue weighted by atomic mass is 79.9. The number of alkyl halides is 2. The smallest absolute Gasteiger partial charge is 0.265 e. The highest BCUT2D eigenvalue weighted by molar-refractivity contribution is 9.10. The molecule has 0 saturated carbocycles. The first-order valence-electron chi connectivity index (χ1n) is 5.00. The lowest BCUT2D eigenvalue weighted by Crippen LogP contribution is -2.27. The number of hydrogen-bond donors (Lipinski definition) is 3. The van der Waals surface area contributed by atoms with E-state index in [1.165, 1.54) is 6.33 Å². The number of aliphatic hydroxyl groups excluding tert-OH is 1. The Balaban J connectivity index is 2.68. The summed E-state index contributed by atoms with van der Waals surface area (Å²) in [4.78, 5) is 7.86. The van der Waals surface area contributed by atoms with E-state index in [0.717, 1.165) is 0 Å². The number of aliphatic hydroxyl groups is 1. The predicted molar refractivity (Wildman–Crippen MR) is 64.4 cm³/mol. The number of aromatic nitrogens is 2. The summed E-state index contributed by atoms with van der Waals surface area (Å²) in [5.74, 6) is 0.923. The topological polar surface area (TPSA) is 70.1 Å². The normalized spacial score (nSPS) is 12.6. The first-order valence-corrected chi connectivity index (χ1v) is 5.80. The summed E-state index contributed by atoms with van der Waals surface area (Å²) >= 11 is 3.25. The Kier molecular flexibility index (Phi) is 5.49. The summed E-state index contributed by atoms with van der Waals surface area (Å²) in [5, 5.41) is 14.6. The van der Waals surface area contributed by atoms with Crippen molar-refractivity contribution in [3.05, 3.63) is 10.8 Å². The summed E-state index contributed by atoms with van der Waals surface area (Å²) in [7, 11) is 0. The monoisotopic (exact) mass is 310 g/mol. The van der Waals surface area contributed by atoms with Crippen molar-refractivity contribution in [3.63, 3.8) is 0 Å². The van der Waals surface area contributed by atoms with Crippen molar-refractivity contribution in [1.82, 2.24) is 9.97 Å². The van der Waals surface area contributed by atoms with Gasteiger partial charge in [-0.15, -0.1) is 0 Å². The molecular formula is C9H13BrF2N4O. The highest BCUT2D eigenvalue weighted by Gasteiger charge is 2.17. The van der Waals surface area contributed by atoms with Crippen LogP contribution in [0.4, 0.5) is 20.4 Å². The van der Waals surface area contributed by atoms with Gasteiger partial charge in [0.15, 0.2) is 0 Å². The van der Waals surface area contributed by atoms with Crippen LogP contribution in [0.25, 0.3) is 0 Å². The summed E-state index contributed by atoms with van der Waals surface area (Å²) in [5.41, 5.74) is 0. The van der Waals surface area contributed by atoms with Crippen LogP contribution in [-0.2, 0) is 0 Å². The molecule has 0 fully saturated rings. The van der Waals surface area contributed by atoms with Crippen LogP contribution >= 0.6 is 15.9 Å². The zero-order valence-corrected chi connectivity index (χ0v) is 10.7. The van der Waals surface area contributed by atoms with Crippen molar-refractivity contribution in [2.45, 2.75) is 19.5 Å². The number of rotatable bonds is 6. The van der Waals surface area contributed by atoms with E-state index < -0.39 is 12.5 Å². The summed E-state index contributed by atoms with van der Waals surface area (Å²) in [6.07, 6.45) is -3.20. The zero-order valence-electron chi connectivity index (χ0n) is 9.12. The molecule has 17 heavy (non-hydrogen) atoms. The van der Waals surface area contributed by atoms with Gasteiger partial charge < -0.3 is 15.7 Å².